The standard InChI is InChI=1S/C20H22ClN3O3/c1-3-23(16-8-10-18(27-2)11-9-16)20(26)22-15-12-19(25)24(13-15)17-6-4-14(21)5-7-17/h4-11,15H,3,12-13H2,1-2H3,(H,22,26). The molecule has 7 heteroatoms. The number of halogens is 1. The van der Waals surface area contributed by atoms with Crippen LogP contribution in [-0.2, 0) is 4.79 Å². The van der Waals surface area contributed by atoms with Gasteiger partial charge in [0.2, 0.25) is 5.91 Å². The third kappa shape index (κ3) is 4.34. The fraction of sp³-hybridized carbons (Fsp3) is 0.300. The molecule has 27 heavy (non-hydrogen) atoms. The van der Waals surface area contributed by atoms with Gasteiger partial charge in [-0.25, -0.2) is 4.79 Å². The summed E-state index contributed by atoms with van der Waals surface area (Å²) in [5.74, 6) is 0.713. The molecule has 0 aliphatic carbocycles. The molecular weight excluding hydrogens is 366 g/mol. The van der Waals surface area contributed by atoms with Gasteiger partial charge in [0.05, 0.1) is 13.2 Å². The second-order valence-corrected chi connectivity index (χ2v) is 6.71. The Labute approximate surface area is 163 Å². The van der Waals surface area contributed by atoms with Gasteiger partial charge in [0, 0.05) is 35.9 Å². The number of methoxy groups -OCH3 is 1. The third-order valence-electron chi connectivity index (χ3n) is 4.54. The summed E-state index contributed by atoms with van der Waals surface area (Å²) in [7, 11) is 1.60. The number of urea groups is 1. The number of benzene rings is 2. The molecule has 0 aromatic heterocycles. The molecule has 0 saturated carbocycles. The summed E-state index contributed by atoms with van der Waals surface area (Å²) in [6.45, 7) is 2.86. The number of carbonyl (C=O) groups is 2. The maximum atomic E-state index is 12.7. The first-order valence-electron chi connectivity index (χ1n) is 8.80. The Kier molecular flexibility index (Phi) is 5.86. The van der Waals surface area contributed by atoms with Crippen LogP contribution in [-0.4, -0.2) is 38.2 Å². The Bertz CT molecular complexity index is 808. The molecule has 0 radical (unpaired) electrons. The minimum absolute atomic E-state index is 0.0184. The van der Waals surface area contributed by atoms with E-state index in [1.165, 1.54) is 0 Å². The van der Waals surface area contributed by atoms with Gasteiger partial charge in [0.25, 0.3) is 0 Å². The Morgan fingerprint density at radius 1 is 1.22 bits per heavy atom. The molecule has 0 bridgehead atoms. The third-order valence-corrected chi connectivity index (χ3v) is 4.79. The number of amides is 3. The lowest BCUT2D eigenvalue weighted by molar-refractivity contribution is -0.117. The van der Waals surface area contributed by atoms with Crippen LogP contribution in [0.5, 0.6) is 5.75 Å². The number of carbonyl (C=O) groups excluding carboxylic acids is 2. The number of ether oxygens (including phenoxy) is 1. The first-order chi connectivity index (χ1) is 13.0. The predicted molar refractivity (Wildman–Crippen MR) is 107 cm³/mol. The molecule has 1 aliphatic heterocycles. The van der Waals surface area contributed by atoms with Crippen LogP contribution < -0.4 is 19.9 Å². The van der Waals surface area contributed by atoms with E-state index in [4.69, 9.17) is 16.3 Å². The average molecular weight is 388 g/mol. The van der Waals surface area contributed by atoms with Crippen molar-refractivity contribution in [3.05, 3.63) is 53.6 Å². The summed E-state index contributed by atoms with van der Waals surface area (Å²) in [6, 6.07) is 13.9. The molecule has 1 saturated heterocycles. The Hall–Kier alpha value is -2.73. The first kappa shape index (κ1) is 19.0. The zero-order valence-electron chi connectivity index (χ0n) is 15.3. The highest BCUT2D eigenvalue weighted by Gasteiger charge is 2.32. The van der Waals surface area contributed by atoms with Gasteiger partial charge < -0.3 is 15.0 Å². The lowest BCUT2D eigenvalue weighted by atomic mass is 10.2. The molecule has 3 amide bonds. The van der Waals surface area contributed by atoms with E-state index in [0.29, 0.717) is 18.1 Å². The summed E-state index contributed by atoms with van der Waals surface area (Å²) in [5, 5.41) is 3.58. The van der Waals surface area contributed by atoms with E-state index in [-0.39, 0.29) is 24.4 Å². The van der Waals surface area contributed by atoms with Gasteiger partial charge in [-0.15, -0.1) is 0 Å². The molecule has 0 spiro atoms. The molecule has 1 heterocycles. The molecule has 6 nitrogen and oxygen atoms in total. The van der Waals surface area contributed by atoms with Gasteiger partial charge in [0.15, 0.2) is 0 Å². The summed E-state index contributed by atoms with van der Waals surface area (Å²) in [6.07, 6.45) is 0.272. The van der Waals surface area contributed by atoms with Crippen LogP contribution in [0.4, 0.5) is 16.2 Å². The van der Waals surface area contributed by atoms with Crippen molar-refractivity contribution in [2.24, 2.45) is 0 Å². The molecule has 2 aromatic rings. The van der Waals surface area contributed by atoms with Gasteiger partial charge in [-0.1, -0.05) is 11.6 Å². The van der Waals surface area contributed by atoms with Crippen molar-refractivity contribution >= 4 is 34.9 Å². The van der Waals surface area contributed by atoms with E-state index in [2.05, 4.69) is 5.32 Å². The topological polar surface area (TPSA) is 61.9 Å². The van der Waals surface area contributed by atoms with Gasteiger partial charge in [-0.2, -0.15) is 0 Å². The number of hydrogen-bond donors (Lipinski definition) is 1. The highest BCUT2D eigenvalue weighted by Crippen LogP contribution is 2.24. The van der Waals surface area contributed by atoms with Crippen LogP contribution in [0.2, 0.25) is 5.02 Å². The van der Waals surface area contributed by atoms with E-state index >= 15 is 0 Å². The lowest BCUT2D eigenvalue weighted by Gasteiger charge is -2.24. The highest BCUT2D eigenvalue weighted by molar-refractivity contribution is 6.30. The second-order valence-electron chi connectivity index (χ2n) is 6.27. The lowest BCUT2D eigenvalue weighted by Crippen LogP contribution is -2.46. The summed E-state index contributed by atoms with van der Waals surface area (Å²) < 4.78 is 5.15. The van der Waals surface area contributed by atoms with Crippen LogP contribution >= 0.6 is 11.6 Å². The molecule has 1 N–H and O–H groups in total. The van der Waals surface area contributed by atoms with Crippen molar-refractivity contribution in [2.75, 3.05) is 30.0 Å². The maximum absolute atomic E-state index is 12.7. The van der Waals surface area contributed by atoms with E-state index in [9.17, 15) is 9.59 Å². The monoisotopic (exact) mass is 387 g/mol. The summed E-state index contributed by atoms with van der Waals surface area (Å²) in [4.78, 5) is 28.4. The maximum Gasteiger partial charge on any atom is 0.322 e. The average Bonchev–Trinajstić information content (AvgIpc) is 3.03. The van der Waals surface area contributed by atoms with Crippen molar-refractivity contribution in [2.45, 2.75) is 19.4 Å². The van der Waals surface area contributed by atoms with Crippen molar-refractivity contribution in [3.63, 3.8) is 0 Å². The predicted octanol–water partition coefficient (Wildman–Crippen LogP) is 3.69. The molecule has 1 aliphatic rings. The molecule has 1 atom stereocenters. The van der Waals surface area contributed by atoms with Crippen molar-refractivity contribution in [1.29, 1.82) is 0 Å². The summed E-state index contributed by atoms with van der Waals surface area (Å²) in [5.41, 5.74) is 1.55. The minimum atomic E-state index is -0.243. The summed E-state index contributed by atoms with van der Waals surface area (Å²) >= 11 is 5.91. The smallest absolute Gasteiger partial charge is 0.322 e. The number of nitrogens with zero attached hydrogens (tertiary/aromatic N) is 2. The minimum Gasteiger partial charge on any atom is -0.497 e. The quantitative estimate of drug-likeness (QED) is 0.851. The second kappa shape index (κ2) is 8.31. The van der Waals surface area contributed by atoms with Crippen molar-refractivity contribution < 1.29 is 14.3 Å². The number of hydrogen-bond acceptors (Lipinski definition) is 3. The van der Waals surface area contributed by atoms with Crippen LogP contribution in [0.1, 0.15) is 13.3 Å². The van der Waals surface area contributed by atoms with Crippen LogP contribution in [0.15, 0.2) is 48.5 Å². The molecule has 2 aromatic carbocycles. The molecule has 1 unspecified atom stereocenters. The van der Waals surface area contributed by atoms with Gasteiger partial charge in [-0.05, 0) is 55.5 Å². The molecular formula is C20H22ClN3O3. The number of rotatable bonds is 5. The van der Waals surface area contributed by atoms with Crippen molar-refractivity contribution in [1.82, 2.24) is 5.32 Å². The van der Waals surface area contributed by atoms with E-state index in [1.807, 2.05) is 31.2 Å². The number of anilines is 2. The number of nitrogens with one attached hydrogen (secondary N) is 1. The van der Waals surface area contributed by atoms with E-state index in [1.54, 1.807) is 41.2 Å². The normalized spacial score (nSPS) is 16.3. The van der Waals surface area contributed by atoms with E-state index < -0.39 is 0 Å². The Morgan fingerprint density at radius 2 is 1.89 bits per heavy atom. The zero-order valence-corrected chi connectivity index (χ0v) is 16.1. The fourth-order valence-electron chi connectivity index (χ4n) is 3.13. The SMILES string of the molecule is CCN(C(=O)NC1CC(=O)N(c2ccc(Cl)cc2)C1)c1ccc(OC)cc1. The first-order valence-corrected chi connectivity index (χ1v) is 9.17. The molecule has 1 fully saturated rings. The fourth-order valence-corrected chi connectivity index (χ4v) is 3.26. The molecule has 142 valence electrons. The van der Waals surface area contributed by atoms with E-state index in [0.717, 1.165) is 17.1 Å². The van der Waals surface area contributed by atoms with Crippen LogP contribution in [0.3, 0.4) is 0 Å². The largest absolute Gasteiger partial charge is 0.497 e. The van der Waals surface area contributed by atoms with Crippen molar-refractivity contribution in [3.8, 4) is 5.75 Å². The Balaban J connectivity index is 1.66. The molecule has 3 rings (SSSR count). The van der Waals surface area contributed by atoms with Gasteiger partial charge >= 0.3 is 6.03 Å². The van der Waals surface area contributed by atoms with Gasteiger partial charge in [0.1, 0.15) is 5.75 Å². The Morgan fingerprint density at radius 3 is 2.48 bits per heavy atom. The van der Waals surface area contributed by atoms with Gasteiger partial charge in [-0.3, -0.25) is 9.69 Å². The van der Waals surface area contributed by atoms with Crippen LogP contribution in [0, 0.1) is 0 Å². The highest BCUT2D eigenvalue weighted by atomic mass is 35.5. The zero-order chi connectivity index (χ0) is 19.4. The van der Waals surface area contributed by atoms with Crippen LogP contribution in [0.25, 0.3) is 0 Å².